The minimum Gasteiger partial charge on any atom is -0.497 e. The summed E-state index contributed by atoms with van der Waals surface area (Å²) in [7, 11) is 1.61. The molecule has 0 bridgehead atoms. The number of rotatable bonds is 6. The number of ether oxygens (including phenoxy) is 1. The smallest absolute Gasteiger partial charge is 0.275 e. The van der Waals surface area contributed by atoms with Crippen molar-refractivity contribution in [2.45, 2.75) is 13.0 Å². The number of methoxy groups -OCH3 is 1. The number of nitrogens with zero attached hydrogens (tertiary/aromatic N) is 2. The third-order valence-electron chi connectivity index (χ3n) is 3.88. The number of carbonyl (C=O) groups excluding carboxylic acids is 2. The zero-order valence-electron chi connectivity index (χ0n) is 14.8. The van der Waals surface area contributed by atoms with E-state index >= 15 is 0 Å². The van der Waals surface area contributed by atoms with Crippen molar-refractivity contribution in [2.24, 2.45) is 0 Å². The lowest BCUT2D eigenvalue weighted by Gasteiger charge is -2.15. The minimum absolute atomic E-state index is 0.182. The number of hydrogen-bond donors (Lipinski definition) is 2. The number of hydrogen-bond acceptors (Lipinski definition) is 6. The van der Waals surface area contributed by atoms with E-state index in [9.17, 15) is 9.59 Å². The van der Waals surface area contributed by atoms with Crippen LogP contribution in [0.1, 0.15) is 38.7 Å². The van der Waals surface area contributed by atoms with Crippen LogP contribution in [0.25, 0.3) is 0 Å². The van der Waals surface area contributed by atoms with Gasteiger partial charge in [0.1, 0.15) is 16.3 Å². The van der Waals surface area contributed by atoms with Crippen molar-refractivity contribution in [3.63, 3.8) is 0 Å². The highest BCUT2D eigenvalue weighted by molar-refractivity contribution is 7.12. The predicted octanol–water partition coefficient (Wildman–Crippen LogP) is 3.29. The molecule has 3 rings (SSSR count). The summed E-state index contributed by atoms with van der Waals surface area (Å²) < 4.78 is 5.14. The van der Waals surface area contributed by atoms with Crippen LogP contribution in [0.4, 0.5) is 5.69 Å². The molecule has 2 N–H and O–H groups in total. The number of nitrogens with one attached hydrogen (secondary N) is 2. The Hall–Kier alpha value is -3.26. The molecule has 0 unspecified atom stereocenters. The van der Waals surface area contributed by atoms with E-state index in [-0.39, 0.29) is 17.6 Å². The molecule has 1 aromatic carbocycles. The molecule has 2 aromatic heterocycles. The van der Waals surface area contributed by atoms with E-state index < -0.39 is 5.91 Å². The van der Waals surface area contributed by atoms with Crippen molar-refractivity contribution in [1.29, 1.82) is 0 Å². The van der Waals surface area contributed by atoms with E-state index in [1.54, 1.807) is 18.6 Å². The Morgan fingerprint density at radius 3 is 2.56 bits per heavy atom. The predicted molar refractivity (Wildman–Crippen MR) is 103 cm³/mol. The molecule has 1 atom stereocenters. The summed E-state index contributed by atoms with van der Waals surface area (Å²) in [6, 6.07) is 8.97. The third kappa shape index (κ3) is 4.48. The lowest BCUT2D eigenvalue weighted by Crippen LogP contribution is -2.27. The molecule has 8 heteroatoms. The fraction of sp³-hybridized carbons (Fsp3) is 0.158. The Kier molecular flexibility index (Phi) is 5.77. The first kappa shape index (κ1) is 18.5. The van der Waals surface area contributed by atoms with Gasteiger partial charge >= 0.3 is 0 Å². The molecule has 0 spiro atoms. The van der Waals surface area contributed by atoms with Crippen LogP contribution in [0.2, 0.25) is 0 Å². The average molecular weight is 382 g/mol. The Morgan fingerprint density at radius 2 is 1.89 bits per heavy atom. The Morgan fingerprint density at radius 1 is 1.11 bits per heavy atom. The molecule has 0 saturated heterocycles. The number of amides is 2. The van der Waals surface area contributed by atoms with E-state index in [0.717, 1.165) is 11.3 Å². The number of carbonyl (C=O) groups is 2. The Bertz CT molecular complexity index is 926. The Labute approximate surface area is 160 Å². The molecule has 0 radical (unpaired) electrons. The van der Waals surface area contributed by atoms with Gasteiger partial charge in [-0.15, -0.1) is 11.3 Å². The van der Waals surface area contributed by atoms with Gasteiger partial charge in [0.25, 0.3) is 11.8 Å². The van der Waals surface area contributed by atoms with Crippen molar-refractivity contribution < 1.29 is 14.3 Å². The van der Waals surface area contributed by atoms with Crippen molar-refractivity contribution in [1.82, 2.24) is 15.3 Å². The topological polar surface area (TPSA) is 93.2 Å². The largest absolute Gasteiger partial charge is 0.497 e. The highest BCUT2D eigenvalue weighted by atomic mass is 32.1. The molecule has 7 nitrogen and oxygen atoms in total. The first-order chi connectivity index (χ1) is 13.1. The lowest BCUT2D eigenvalue weighted by atomic mass is 10.1. The van der Waals surface area contributed by atoms with Crippen molar-refractivity contribution in [2.75, 3.05) is 12.4 Å². The zero-order chi connectivity index (χ0) is 19.2. The maximum atomic E-state index is 12.6. The lowest BCUT2D eigenvalue weighted by molar-refractivity contribution is 0.0945. The number of anilines is 1. The molecule has 2 heterocycles. The highest BCUT2D eigenvalue weighted by Crippen LogP contribution is 2.24. The minimum atomic E-state index is -0.418. The molecular formula is C19H18N4O3S. The second-order valence-electron chi connectivity index (χ2n) is 5.68. The monoisotopic (exact) mass is 382 g/mol. The first-order valence-corrected chi connectivity index (χ1v) is 9.06. The second kappa shape index (κ2) is 8.41. The molecule has 0 aliphatic heterocycles. The van der Waals surface area contributed by atoms with Gasteiger partial charge in [-0.1, -0.05) is 12.1 Å². The van der Waals surface area contributed by atoms with Gasteiger partial charge in [0, 0.05) is 12.4 Å². The summed E-state index contributed by atoms with van der Waals surface area (Å²) in [4.78, 5) is 33.1. The first-order valence-electron chi connectivity index (χ1n) is 8.18. The molecule has 3 aromatic rings. The van der Waals surface area contributed by atoms with Crippen LogP contribution >= 0.6 is 11.3 Å². The van der Waals surface area contributed by atoms with Gasteiger partial charge in [0.2, 0.25) is 0 Å². The molecule has 138 valence electrons. The fourth-order valence-corrected chi connectivity index (χ4v) is 3.18. The van der Waals surface area contributed by atoms with E-state index in [1.807, 2.05) is 31.2 Å². The standard InChI is InChI=1S/C19H18N4O3S/c1-12(13-3-5-14(26-2)6-4-13)22-19(25)17-15(7-10-27-17)23-18(24)16-11-20-8-9-21-16/h3-12H,1-2H3,(H,22,25)(H,23,24)/t12-/m0/s1. The molecular weight excluding hydrogens is 364 g/mol. The molecule has 0 aliphatic carbocycles. The SMILES string of the molecule is COc1ccc([C@H](C)NC(=O)c2sccc2NC(=O)c2cnccn2)cc1. The van der Waals surface area contributed by atoms with Crippen LogP contribution in [0.15, 0.2) is 54.3 Å². The normalized spacial score (nSPS) is 11.5. The van der Waals surface area contributed by atoms with Gasteiger partial charge in [0.05, 0.1) is 25.0 Å². The molecule has 0 fully saturated rings. The van der Waals surface area contributed by atoms with Gasteiger partial charge < -0.3 is 15.4 Å². The van der Waals surface area contributed by atoms with E-state index in [0.29, 0.717) is 10.6 Å². The van der Waals surface area contributed by atoms with E-state index in [4.69, 9.17) is 4.74 Å². The van der Waals surface area contributed by atoms with Crippen LogP contribution in [-0.2, 0) is 0 Å². The average Bonchev–Trinajstić information content (AvgIpc) is 3.17. The third-order valence-corrected chi connectivity index (χ3v) is 4.79. The van der Waals surface area contributed by atoms with Crippen LogP contribution in [0, 0.1) is 0 Å². The van der Waals surface area contributed by atoms with Gasteiger partial charge in [-0.05, 0) is 36.1 Å². The summed E-state index contributed by atoms with van der Waals surface area (Å²) in [5.41, 5.74) is 1.57. The van der Waals surface area contributed by atoms with Crippen molar-refractivity contribution in [3.8, 4) is 5.75 Å². The summed E-state index contributed by atoms with van der Waals surface area (Å²) in [6.07, 6.45) is 4.29. The van der Waals surface area contributed by atoms with Gasteiger partial charge in [-0.3, -0.25) is 14.6 Å². The second-order valence-corrected chi connectivity index (χ2v) is 6.59. The van der Waals surface area contributed by atoms with E-state index in [1.165, 1.54) is 29.9 Å². The quantitative estimate of drug-likeness (QED) is 0.682. The molecule has 0 aliphatic rings. The zero-order valence-corrected chi connectivity index (χ0v) is 15.6. The summed E-state index contributed by atoms with van der Waals surface area (Å²) in [5.74, 6) is 0.0751. The summed E-state index contributed by atoms with van der Waals surface area (Å²) >= 11 is 1.26. The summed E-state index contributed by atoms with van der Waals surface area (Å²) in [5, 5.41) is 7.40. The van der Waals surface area contributed by atoms with Gasteiger partial charge in [-0.25, -0.2) is 4.98 Å². The molecule has 27 heavy (non-hydrogen) atoms. The van der Waals surface area contributed by atoms with Crippen LogP contribution < -0.4 is 15.4 Å². The van der Waals surface area contributed by atoms with Crippen LogP contribution in [0.3, 0.4) is 0 Å². The molecule has 2 amide bonds. The number of aromatic nitrogens is 2. The van der Waals surface area contributed by atoms with Crippen molar-refractivity contribution >= 4 is 28.8 Å². The van der Waals surface area contributed by atoms with Gasteiger partial charge in [-0.2, -0.15) is 0 Å². The number of thiophene rings is 1. The Balaban J connectivity index is 1.68. The summed E-state index contributed by atoms with van der Waals surface area (Å²) in [6.45, 7) is 1.89. The van der Waals surface area contributed by atoms with Crippen LogP contribution in [-0.4, -0.2) is 28.9 Å². The van der Waals surface area contributed by atoms with E-state index in [2.05, 4.69) is 20.6 Å². The highest BCUT2D eigenvalue weighted by Gasteiger charge is 2.18. The fourth-order valence-electron chi connectivity index (χ4n) is 2.42. The molecule has 0 saturated carbocycles. The van der Waals surface area contributed by atoms with Gasteiger partial charge in [0.15, 0.2) is 0 Å². The van der Waals surface area contributed by atoms with Crippen LogP contribution in [0.5, 0.6) is 5.75 Å². The van der Waals surface area contributed by atoms with Crippen molar-refractivity contribution in [3.05, 3.63) is 70.4 Å². The maximum Gasteiger partial charge on any atom is 0.275 e. The maximum absolute atomic E-state index is 12.6. The number of benzene rings is 1.